The van der Waals surface area contributed by atoms with E-state index < -0.39 is 0 Å². The number of imidazole rings is 1. The summed E-state index contributed by atoms with van der Waals surface area (Å²) in [5.41, 5.74) is 7.96. The monoisotopic (exact) mass is 287 g/mol. The van der Waals surface area contributed by atoms with Gasteiger partial charge < -0.3 is 19.8 Å². The molecule has 2 heterocycles. The molecule has 112 valence electrons. The van der Waals surface area contributed by atoms with Crippen molar-refractivity contribution < 1.29 is 9.47 Å². The minimum Gasteiger partial charge on any atom is -0.486 e. The van der Waals surface area contributed by atoms with Crippen LogP contribution in [0.5, 0.6) is 11.5 Å². The summed E-state index contributed by atoms with van der Waals surface area (Å²) in [5, 5.41) is 0. The third kappa shape index (κ3) is 2.33. The van der Waals surface area contributed by atoms with Crippen LogP contribution in [0.4, 0.5) is 5.82 Å². The van der Waals surface area contributed by atoms with Crippen LogP contribution in [0.3, 0.4) is 0 Å². The Labute approximate surface area is 124 Å². The molecule has 0 aliphatic carbocycles. The van der Waals surface area contributed by atoms with Crippen LogP contribution in [0.25, 0.3) is 11.3 Å². The maximum atomic E-state index is 6.33. The van der Waals surface area contributed by atoms with Gasteiger partial charge >= 0.3 is 0 Å². The van der Waals surface area contributed by atoms with Crippen molar-refractivity contribution in [3.8, 4) is 22.8 Å². The van der Waals surface area contributed by atoms with Crippen molar-refractivity contribution in [1.29, 1.82) is 0 Å². The van der Waals surface area contributed by atoms with Gasteiger partial charge in [-0.05, 0) is 45.9 Å². The highest BCUT2D eigenvalue weighted by Gasteiger charge is 2.23. The number of aryl methyl sites for hydroxylation is 1. The van der Waals surface area contributed by atoms with E-state index in [1.54, 1.807) is 0 Å². The summed E-state index contributed by atoms with van der Waals surface area (Å²) in [5.74, 6) is 3.11. The number of hydrogen-bond acceptors (Lipinski definition) is 4. The largest absolute Gasteiger partial charge is 0.486 e. The Hall–Kier alpha value is -2.17. The first-order chi connectivity index (χ1) is 9.88. The minimum atomic E-state index is -0.104. The Kier molecular flexibility index (Phi) is 3.08. The van der Waals surface area contributed by atoms with Crippen molar-refractivity contribution in [1.82, 2.24) is 9.55 Å². The van der Waals surface area contributed by atoms with Gasteiger partial charge in [0.2, 0.25) is 0 Å². The van der Waals surface area contributed by atoms with Crippen LogP contribution in [0.2, 0.25) is 0 Å². The molecule has 0 spiro atoms. The van der Waals surface area contributed by atoms with Crippen molar-refractivity contribution in [3.05, 3.63) is 24.0 Å². The highest BCUT2D eigenvalue weighted by Crippen LogP contribution is 2.37. The number of nitrogens with two attached hydrogens (primary N) is 1. The Morgan fingerprint density at radius 3 is 2.43 bits per heavy atom. The average molecular weight is 287 g/mol. The van der Waals surface area contributed by atoms with E-state index in [-0.39, 0.29) is 5.54 Å². The zero-order valence-electron chi connectivity index (χ0n) is 12.9. The van der Waals surface area contributed by atoms with Gasteiger partial charge in [0.1, 0.15) is 30.5 Å². The van der Waals surface area contributed by atoms with E-state index in [0.29, 0.717) is 19.0 Å². The van der Waals surface area contributed by atoms with Crippen LogP contribution < -0.4 is 15.2 Å². The highest BCUT2D eigenvalue weighted by molar-refractivity contribution is 5.73. The molecule has 21 heavy (non-hydrogen) atoms. The summed E-state index contributed by atoms with van der Waals surface area (Å²) in [6, 6.07) is 5.83. The van der Waals surface area contributed by atoms with Gasteiger partial charge in [-0.3, -0.25) is 0 Å². The van der Waals surface area contributed by atoms with Crippen LogP contribution in [0.1, 0.15) is 26.6 Å². The molecular formula is C16H21N3O2. The van der Waals surface area contributed by atoms with Crippen molar-refractivity contribution >= 4 is 5.82 Å². The van der Waals surface area contributed by atoms with Gasteiger partial charge in [-0.15, -0.1) is 0 Å². The van der Waals surface area contributed by atoms with E-state index in [9.17, 15) is 0 Å². The summed E-state index contributed by atoms with van der Waals surface area (Å²) >= 11 is 0. The standard InChI is InChI=1S/C16H21N3O2/c1-10-18-14(15(17)19(10)16(2,3)4)11-5-6-12-13(9-11)21-8-7-20-12/h5-6,9H,7-8,17H2,1-4H3. The topological polar surface area (TPSA) is 62.3 Å². The predicted octanol–water partition coefficient (Wildman–Crippen LogP) is 2.97. The molecule has 5 heteroatoms. The molecule has 1 aliphatic heterocycles. The number of nitrogens with zero attached hydrogens (tertiary/aromatic N) is 2. The van der Waals surface area contributed by atoms with Crippen molar-refractivity contribution in [3.63, 3.8) is 0 Å². The molecule has 0 saturated heterocycles. The zero-order valence-corrected chi connectivity index (χ0v) is 12.9. The number of rotatable bonds is 1. The van der Waals surface area contributed by atoms with Crippen molar-refractivity contribution in [2.75, 3.05) is 18.9 Å². The molecule has 5 nitrogen and oxygen atoms in total. The van der Waals surface area contributed by atoms with Gasteiger partial charge in [0.15, 0.2) is 11.5 Å². The zero-order chi connectivity index (χ0) is 15.2. The van der Waals surface area contributed by atoms with Gasteiger partial charge in [0, 0.05) is 11.1 Å². The van der Waals surface area contributed by atoms with Gasteiger partial charge in [0.05, 0.1) is 0 Å². The fraction of sp³-hybridized carbons (Fsp3) is 0.438. The van der Waals surface area contributed by atoms with E-state index in [4.69, 9.17) is 15.2 Å². The number of benzene rings is 1. The number of anilines is 1. The molecule has 0 bridgehead atoms. The molecule has 0 saturated carbocycles. The summed E-state index contributed by atoms with van der Waals surface area (Å²) in [4.78, 5) is 4.64. The van der Waals surface area contributed by atoms with E-state index in [0.717, 1.165) is 28.6 Å². The van der Waals surface area contributed by atoms with E-state index >= 15 is 0 Å². The first-order valence-corrected chi connectivity index (χ1v) is 7.13. The molecule has 0 atom stereocenters. The summed E-state index contributed by atoms with van der Waals surface area (Å²) in [7, 11) is 0. The van der Waals surface area contributed by atoms with Gasteiger partial charge in [-0.2, -0.15) is 0 Å². The Bertz CT molecular complexity index is 684. The third-order valence-corrected chi connectivity index (χ3v) is 3.57. The molecule has 0 amide bonds. The molecular weight excluding hydrogens is 266 g/mol. The lowest BCUT2D eigenvalue weighted by Crippen LogP contribution is -2.24. The fourth-order valence-electron chi connectivity index (χ4n) is 2.80. The molecule has 1 aromatic carbocycles. The third-order valence-electron chi connectivity index (χ3n) is 3.57. The number of ether oxygens (including phenoxy) is 2. The molecule has 0 unspecified atom stereocenters. The molecule has 1 aliphatic rings. The Morgan fingerprint density at radius 1 is 1.14 bits per heavy atom. The SMILES string of the molecule is Cc1nc(-c2ccc3c(c2)OCCO3)c(N)n1C(C)(C)C. The summed E-state index contributed by atoms with van der Waals surface area (Å²) in [6.07, 6.45) is 0. The molecule has 2 aromatic rings. The van der Waals surface area contributed by atoms with Crippen molar-refractivity contribution in [2.24, 2.45) is 0 Å². The second-order valence-corrected chi connectivity index (χ2v) is 6.26. The van der Waals surface area contributed by atoms with Crippen LogP contribution in [-0.4, -0.2) is 22.8 Å². The highest BCUT2D eigenvalue weighted by atomic mass is 16.6. The van der Waals surface area contributed by atoms with Gasteiger partial charge in [-0.1, -0.05) is 0 Å². The minimum absolute atomic E-state index is 0.104. The number of fused-ring (bicyclic) bond motifs is 1. The summed E-state index contributed by atoms with van der Waals surface area (Å²) in [6.45, 7) is 9.49. The Balaban J connectivity index is 2.09. The number of nitrogen functional groups attached to an aromatic ring is 1. The summed E-state index contributed by atoms with van der Waals surface area (Å²) < 4.78 is 13.2. The molecule has 0 fully saturated rings. The molecule has 1 aromatic heterocycles. The van der Waals surface area contributed by atoms with E-state index in [2.05, 4.69) is 30.3 Å². The van der Waals surface area contributed by atoms with E-state index in [1.807, 2.05) is 25.1 Å². The van der Waals surface area contributed by atoms with Crippen LogP contribution in [-0.2, 0) is 5.54 Å². The first-order valence-electron chi connectivity index (χ1n) is 7.13. The fourth-order valence-corrected chi connectivity index (χ4v) is 2.80. The van der Waals surface area contributed by atoms with Crippen LogP contribution >= 0.6 is 0 Å². The van der Waals surface area contributed by atoms with Crippen LogP contribution in [0.15, 0.2) is 18.2 Å². The smallest absolute Gasteiger partial charge is 0.162 e. The van der Waals surface area contributed by atoms with Gasteiger partial charge in [-0.25, -0.2) is 4.98 Å². The number of aromatic nitrogens is 2. The Morgan fingerprint density at radius 2 is 1.81 bits per heavy atom. The molecule has 3 rings (SSSR count). The second kappa shape index (κ2) is 4.69. The first kappa shape index (κ1) is 13.8. The normalized spacial score (nSPS) is 14.3. The lowest BCUT2D eigenvalue weighted by molar-refractivity contribution is 0.171. The molecule has 2 N–H and O–H groups in total. The predicted molar refractivity (Wildman–Crippen MR) is 82.8 cm³/mol. The lowest BCUT2D eigenvalue weighted by atomic mass is 10.1. The molecule has 0 radical (unpaired) electrons. The lowest BCUT2D eigenvalue weighted by Gasteiger charge is -2.24. The van der Waals surface area contributed by atoms with Crippen molar-refractivity contribution in [2.45, 2.75) is 33.2 Å². The maximum absolute atomic E-state index is 6.33. The average Bonchev–Trinajstić information content (AvgIpc) is 2.73. The quantitative estimate of drug-likeness (QED) is 0.876. The van der Waals surface area contributed by atoms with E-state index in [1.165, 1.54) is 0 Å². The van der Waals surface area contributed by atoms with Crippen LogP contribution in [0, 0.1) is 6.92 Å². The van der Waals surface area contributed by atoms with Gasteiger partial charge in [0.25, 0.3) is 0 Å². The second-order valence-electron chi connectivity index (χ2n) is 6.26. The number of hydrogen-bond donors (Lipinski definition) is 1. The maximum Gasteiger partial charge on any atom is 0.162 e.